The maximum Gasteiger partial charge on any atom is 0.310 e. The van der Waals surface area contributed by atoms with Crippen molar-refractivity contribution in [2.24, 2.45) is 5.92 Å². The van der Waals surface area contributed by atoms with Crippen LogP contribution in [0.2, 0.25) is 0 Å². The lowest BCUT2D eigenvalue weighted by Gasteiger charge is -2.31. The first-order chi connectivity index (χ1) is 9.11. The molecule has 102 valence electrons. The summed E-state index contributed by atoms with van der Waals surface area (Å²) in [6, 6.07) is 5.37. The first-order valence-electron chi connectivity index (χ1n) is 6.42. The Balaban J connectivity index is 2.09. The van der Waals surface area contributed by atoms with Crippen LogP contribution in [0.15, 0.2) is 18.2 Å². The molecule has 0 aliphatic carbocycles. The summed E-state index contributed by atoms with van der Waals surface area (Å²) in [6.07, 6.45) is 1.59. The molecule has 1 aromatic rings. The largest absolute Gasteiger partial charge is 0.469 e. The van der Waals surface area contributed by atoms with Crippen molar-refractivity contribution in [1.29, 1.82) is 0 Å². The fourth-order valence-corrected chi connectivity index (χ4v) is 2.34. The molecule has 0 saturated carbocycles. The highest BCUT2D eigenvalue weighted by Crippen LogP contribution is 2.19. The van der Waals surface area contributed by atoms with Gasteiger partial charge in [-0.3, -0.25) is 9.59 Å². The van der Waals surface area contributed by atoms with Crippen LogP contribution in [-0.2, 0) is 9.53 Å². The van der Waals surface area contributed by atoms with Crippen molar-refractivity contribution in [3.63, 3.8) is 0 Å². The molecule has 0 radical (unpaired) electrons. The molecule has 2 heterocycles. The van der Waals surface area contributed by atoms with Crippen LogP contribution in [0.5, 0.6) is 0 Å². The molecule has 5 nitrogen and oxygen atoms in total. The molecule has 0 N–H and O–H groups in total. The second-order valence-electron chi connectivity index (χ2n) is 4.78. The minimum Gasteiger partial charge on any atom is -0.469 e. The Morgan fingerprint density at radius 1 is 1.42 bits per heavy atom. The molecule has 1 aliphatic rings. The summed E-state index contributed by atoms with van der Waals surface area (Å²) in [5.74, 6) is -0.570. The van der Waals surface area contributed by atoms with E-state index in [9.17, 15) is 9.59 Å². The van der Waals surface area contributed by atoms with E-state index in [1.54, 1.807) is 11.0 Å². The van der Waals surface area contributed by atoms with Gasteiger partial charge in [0.15, 0.2) is 0 Å². The predicted octanol–water partition coefficient (Wildman–Crippen LogP) is 1.42. The van der Waals surface area contributed by atoms with Gasteiger partial charge in [0.05, 0.1) is 13.0 Å². The average molecular weight is 262 g/mol. The Hall–Kier alpha value is -1.91. The van der Waals surface area contributed by atoms with Crippen LogP contribution in [0, 0.1) is 12.8 Å². The summed E-state index contributed by atoms with van der Waals surface area (Å²) in [6.45, 7) is 2.94. The Morgan fingerprint density at radius 3 is 2.89 bits per heavy atom. The van der Waals surface area contributed by atoms with Crippen LogP contribution >= 0.6 is 0 Å². The minimum absolute atomic E-state index is 0.114. The molecule has 0 bridgehead atoms. The van der Waals surface area contributed by atoms with E-state index in [-0.39, 0.29) is 17.8 Å². The lowest BCUT2D eigenvalue weighted by molar-refractivity contribution is -0.146. The van der Waals surface area contributed by atoms with Gasteiger partial charge in [0, 0.05) is 18.8 Å². The molecule has 1 atom stereocenters. The van der Waals surface area contributed by atoms with Gasteiger partial charge in [0.1, 0.15) is 5.69 Å². The van der Waals surface area contributed by atoms with Crippen molar-refractivity contribution in [3.05, 3.63) is 29.6 Å². The minimum atomic E-state index is -0.241. The number of carbonyl (C=O) groups is 2. The van der Waals surface area contributed by atoms with E-state index in [1.165, 1.54) is 7.11 Å². The first kappa shape index (κ1) is 13.5. The number of carbonyl (C=O) groups excluding carboxylic acids is 2. The van der Waals surface area contributed by atoms with Gasteiger partial charge in [0.25, 0.3) is 5.91 Å². The van der Waals surface area contributed by atoms with E-state index in [0.717, 1.165) is 18.5 Å². The predicted molar refractivity (Wildman–Crippen MR) is 69.6 cm³/mol. The van der Waals surface area contributed by atoms with Crippen molar-refractivity contribution < 1.29 is 14.3 Å². The van der Waals surface area contributed by atoms with E-state index in [1.807, 2.05) is 19.1 Å². The topological polar surface area (TPSA) is 59.5 Å². The van der Waals surface area contributed by atoms with Crippen LogP contribution < -0.4 is 0 Å². The number of aromatic nitrogens is 1. The van der Waals surface area contributed by atoms with Gasteiger partial charge < -0.3 is 9.64 Å². The maximum absolute atomic E-state index is 12.3. The lowest BCUT2D eigenvalue weighted by Crippen LogP contribution is -2.42. The van der Waals surface area contributed by atoms with Crippen LogP contribution in [0.4, 0.5) is 0 Å². The molecule has 2 rings (SSSR count). The van der Waals surface area contributed by atoms with Crippen LogP contribution in [0.1, 0.15) is 29.0 Å². The number of rotatable bonds is 2. The van der Waals surface area contributed by atoms with Gasteiger partial charge in [-0.05, 0) is 31.9 Å². The van der Waals surface area contributed by atoms with Gasteiger partial charge in [-0.25, -0.2) is 4.98 Å². The SMILES string of the molecule is COC(=O)C1CCCN(C(=O)c2cccc(C)n2)C1. The Morgan fingerprint density at radius 2 is 2.21 bits per heavy atom. The zero-order valence-corrected chi connectivity index (χ0v) is 11.3. The summed E-state index contributed by atoms with van der Waals surface area (Å²) in [4.78, 5) is 29.8. The molecular weight excluding hydrogens is 244 g/mol. The van der Waals surface area contributed by atoms with E-state index >= 15 is 0 Å². The Kier molecular flexibility index (Phi) is 4.14. The Labute approximate surface area is 112 Å². The summed E-state index contributed by atoms with van der Waals surface area (Å²) in [5.41, 5.74) is 1.25. The fourth-order valence-electron chi connectivity index (χ4n) is 2.34. The van der Waals surface area contributed by atoms with Crippen molar-refractivity contribution in [2.75, 3.05) is 20.2 Å². The fraction of sp³-hybridized carbons (Fsp3) is 0.500. The second-order valence-corrected chi connectivity index (χ2v) is 4.78. The van der Waals surface area contributed by atoms with Gasteiger partial charge >= 0.3 is 5.97 Å². The molecule has 1 aromatic heterocycles. The van der Waals surface area contributed by atoms with E-state index < -0.39 is 0 Å². The number of likely N-dealkylation sites (tertiary alicyclic amines) is 1. The third kappa shape index (κ3) is 3.10. The van der Waals surface area contributed by atoms with Gasteiger partial charge in [-0.2, -0.15) is 0 Å². The smallest absolute Gasteiger partial charge is 0.310 e. The average Bonchev–Trinajstić information content (AvgIpc) is 2.45. The molecule has 1 fully saturated rings. The van der Waals surface area contributed by atoms with E-state index in [4.69, 9.17) is 4.74 Å². The van der Waals surface area contributed by atoms with Gasteiger partial charge in [-0.15, -0.1) is 0 Å². The first-order valence-corrected chi connectivity index (χ1v) is 6.42. The number of esters is 1. The summed E-state index contributed by atoms with van der Waals surface area (Å²) in [7, 11) is 1.38. The van der Waals surface area contributed by atoms with Crippen LogP contribution in [0.3, 0.4) is 0 Å². The maximum atomic E-state index is 12.3. The summed E-state index contributed by atoms with van der Waals surface area (Å²) < 4.78 is 4.75. The molecule has 1 aliphatic heterocycles. The highest BCUT2D eigenvalue weighted by molar-refractivity contribution is 5.92. The molecule has 1 saturated heterocycles. The number of nitrogens with zero attached hydrogens (tertiary/aromatic N) is 2. The van der Waals surface area contributed by atoms with Crippen molar-refractivity contribution in [3.8, 4) is 0 Å². The lowest BCUT2D eigenvalue weighted by atomic mass is 9.98. The van der Waals surface area contributed by atoms with E-state index in [2.05, 4.69) is 4.98 Å². The molecular formula is C14H18N2O3. The van der Waals surface area contributed by atoms with Crippen LogP contribution in [-0.4, -0.2) is 42.0 Å². The van der Waals surface area contributed by atoms with Gasteiger partial charge in [-0.1, -0.05) is 6.07 Å². The van der Waals surface area contributed by atoms with Gasteiger partial charge in [0.2, 0.25) is 0 Å². The number of methoxy groups -OCH3 is 1. The third-order valence-electron chi connectivity index (χ3n) is 3.35. The number of ether oxygens (including phenoxy) is 1. The third-order valence-corrected chi connectivity index (χ3v) is 3.35. The highest BCUT2D eigenvalue weighted by atomic mass is 16.5. The number of hydrogen-bond acceptors (Lipinski definition) is 4. The second kappa shape index (κ2) is 5.82. The normalized spacial score (nSPS) is 19.1. The Bertz CT molecular complexity index is 487. The zero-order chi connectivity index (χ0) is 13.8. The summed E-state index contributed by atoms with van der Waals surface area (Å²) >= 11 is 0. The quantitative estimate of drug-likeness (QED) is 0.756. The number of pyridine rings is 1. The summed E-state index contributed by atoms with van der Waals surface area (Å²) in [5, 5.41) is 0. The van der Waals surface area contributed by atoms with Crippen molar-refractivity contribution >= 4 is 11.9 Å². The standard InChI is InChI=1S/C14H18N2O3/c1-10-5-3-7-12(15-10)13(17)16-8-4-6-11(9-16)14(18)19-2/h3,5,7,11H,4,6,8-9H2,1-2H3. The number of amides is 1. The van der Waals surface area contributed by atoms with Crippen molar-refractivity contribution in [2.45, 2.75) is 19.8 Å². The van der Waals surface area contributed by atoms with E-state index in [0.29, 0.717) is 18.8 Å². The number of aryl methyl sites for hydroxylation is 1. The molecule has 0 aromatic carbocycles. The number of hydrogen-bond donors (Lipinski definition) is 0. The highest BCUT2D eigenvalue weighted by Gasteiger charge is 2.29. The monoisotopic (exact) mass is 262 g/mol. The molecule has 19 heavy (non-hydrogen) atoms. The molecule has 5 heteroatoms. The zero-order valence-electron chi connectivity index (χ0n) is 11.3. The molecule has 0 spiro atoms. The number of piperidine rings is 1. The van der Waals surface area contributed by atoms with Crippen LogP contribution in [0.25, 0.3) is 0 Å². The molecule has 1 amide bonds. The van der Waals surface area contributed by atoms with Crippen molar-refractivity contribution in [1.82, 2.24) is 9.88 Å². The molecule has 1 unspecified atom stereocenters.